The molecule has 0 unspecified atom stereocenters. The lowest BCUT2D eigenvalue weighted by molar-refractivity contribution is -0.230. The maximum atomic E-state index is 11.7. The van der Waals surface area contributed by atoms with Crippen LogP contribution in [0.3, 0.4) is 0 Å². The number of halogens is 3. The Kier molecular flexibility index (Phi) is 1.47. The van der Waals surface area contributed by atoms with Gasteiger partial charge in [0.15, 0.2) is 0 Å². The van der Waals surface area contributed by atoms with Crippen LogP contribution in [0.25, 0.3) is 0 Å². The van der Waals surface area contributed by atoms with Crippen molar-refractivity contribution < 1.29 is 22.8 Å². The number of rotatable bonds is 0. The van der Waals surface area contributed by atoms with Crippen LogP contribution in [0.15, 0.2) is 12.2 Å². The van der Waals surface area contributed by atoms with E-state index in [1.807, 2.05) is 0 Å². The Hall–Kier alpha value is -1.33. The standard InChI is InChI=1S/C5H2F3NO2/c6-5(7,8)9-3(10)1-2-4(9)11/h1-2H. The average molecular weight is 165 g/mol. The van der Waals surface area contributed by atoms with Gasteiger partial charge in [0, 0.05) is 12.2 Å². The van der Waals surface area contributed by atoms with Gasteiger partial charge in [0.1, 0.15) is 0 Å². The van der Waals surface area contributed by atoms with Crippen LogP contribution in [0, 0.1) is 0 Å². The van der Waals surface area contributed by atoms with E-state index in [4.69, 9.17) is 0 Å². The largest absolute Gasteiger partial charge is 0.494 e. The molecule has 0 aromatic heterocycles. The van der Waals surface area contributed by atoms with Gasteiger partial charge >= 0.3 is 6.30 Å². The second-order valence-corrected chi connectivity index (χ2v) is 1.81. The van der Waals surface area contributed by atoms with Crippen LogP contribution in [-0.2, 0) is 9.59 Å². The van der Waals surface area contributed by atoms with E-state index >= 15 is 0 Å². The van der Waals surface area contributed by atoms with Crippen molar-refractivity contribution in [2.45, 2.75) is 6.30 Å². The molecule has 11 heavy (non-hydrogen) atoms. The molecule has 0 aromatic rings. The molecule has 1 aliphatic heterocycles. The van der Waals surface area contributed by atoms with Crippen LogP contribution in [0.2, 0.25) is 0 Å². The van der Waals surface area contributed by atoms with Gasteiger partial charge in [-0.2, -0.15) is 4.90 Å². The first kappa shape index (κ1) is 7.77. The minimum Gasteiger partial charge on any atom is -0.269 e. The van der Waals surface area contributed by atoms with Crippen LogP contribution < -0.4 is 0 Å². The molecular formula is C5H2F3NO2. The second-order valence-electron chi connectivity index (χ2n) is 1.81. The van der Waals surface area contributed by atoms with Crippen LogP contribution in [-0.4, -0.2) is 23.0 Å². The zero-order valence-electron chi connectivity index (χ0n) is 5.05. The molecule has 0 N–H and O–H groups in total. The molecule has 0 atom stereocenters. The fraction of sp³-hybridized carbons (Fsp3) is 0.200. The predicted octanol–water partition coefficient (Wildman–Crippen LogP) is 0.431. The molecule has 0 saturated carbocycles. The van der Waals surface area contributed by atoms with E-state index in [0.29, 0.717) is 12.2 Å². The topological polar surface area (TPSA) is 37.4 Å². The van der Waals surface area contributed by atoms with E-state index in [2.05, 4.69) is 0 Å². The van der Waals surface area contributed by atoms with Crippen LogP contribution in [0.5, 0.6) is 0 Å². The monoisotopic (exact) mass is 165 g/mol. The van der Waals surface area contributed by atoms with Gasteiger partial charge in [0.05, 0.1) is 0 Å². The van der Waals surface area contributed by atoms with Gasteiger partial charge < -0.3 is 0 Å². The van der Waals surface area contributed by atoms with Crippen molar-refractivity contribution in [1.82, 2.24) is 4.90 Å². The fourth-order valence-corrected chi connectivity index (χ4v) is 0.650. The molecule has 1 aliphatic rings. The maximum Gasteiger partial charge on any atom is 0.494 e. The van der Waals surface area contributed by atoms with E-state index in [1.165, 1.54) is 0 Å². The summed E-state index contributed by atoms with van der Waals surface area (Å²) in [6.45, 7) is 0. The summed E-state index contributed by atoms with van der Waals surface area (Å²) in [7, 11) is 0. The highest BCUT2D eigenvalue weighted by atomic mass is 19.4. The van der Waals surface area contributed by atoms with Gasteiger partial charge in [-0.05, 0) is 0 Å². The number of amides is 2. The Balaban J connectivity index is 2.91. The first-order chi connectivity index (χ1) is 4.93. The fourth-order valence-electron chi connectivity index (χ4n) is 0.650. The zero-order valence-corrected chi connectivity index (χ0v) is 5.05. The van der Waals surface area contributed by atoms with Crippen molar-refractivity contribution in [3.63, 3.8) is 0 Å². The molecule has 0 spiro atoms. The lowest BCUT2D eigenvalue weighted by atomic mass is 10.6. The number of nitrogens with zero attached hydrogens (tertiary/aromatic N) is 1. The molecule has 60 valence electrons. The molecule has 2 amide bonds. The van der Waals surface area contributed by atoms with Crippen molar-refractivity contribution in [2.24, 2.45) is 0 Å². The Labute approximate surface area is 59.1 Å². The number of hydrogen-bond donors (Lipinski definition) is 0. The summed E-state index contributed by atoms with van der Waals surface area (Å²) in [4.78, 5) is 19.9. The Bertz CT molecular complexity index is 225. The van der Waals surface area contributed by atoms with Gasteiger partial charge in [0.25, 0.3) is 11.8 Å². The van der Waals surface area contributed by atoms with Gasteiger partial charge in [-0.3, -0.25) is 9.59 Å². The Morgan fingerprint density at radius 2 is 1.45 bits per heavy atom. The molecule has 0 radical (unpaired) electrons. The quantitative estimate of drug-likeness (QED) is 0.385. The van der Waals surface area contributed by atoms with E-state index in [1.54, 1.807) is 0 Å². The van der Waals surface area contributed by atoms with Crippen LogP contribution >= 0.6 is 0 Å². The molecule has 0 saturated heterocycles. The Morgan fingerprint density at radius 1 is 1.09 bits per heavy atom. The lowest BCUT2D eigenvalue weighted by Gasteiger charge is -2.15. The smallest absolute Gasteiger partial charge is 0.269 e. The highest BCUT2D eigenvalue weighted by Gasteiger charge is 2.46. The molecule has 0 aliphatic carbocycles. The summed E-state index contributed by atoms with van der Waals surface area (Å²) >= 11 is 0. The van der Waals surface area contributed by atoms with E-state index in [0.717, 1.165) is 0 Å². The van der Waals surface area contributed by atoms with Gasteiger partial charge in [-0.25, -0.2) is 0 Å². The second kappa shape index (κ2) is 2.08. The third-order valence-electron chi connectivity index (χ3n) is 1.06. The van der Waals surface area contributed by atoms with Gasteiger partial charge in [-0.15, -0.1) is 13.2 Å². The minimum absolute atomic E-state index is 0.579. The molecule has 1 heterocycles. The molecule has 6 heteroatoms. The third-order valence-corrected chi connectivity index (χ3v) is 1.06. The van der Waals surface area contributed by atoms with Gasteiger partial charge in [-0.1, -0.05) is 0 Å². The number of carbonyl (C=O) groups excluding carboxylic acids is 2. The molecule has 1 rings (SSSR count). The van der Waals surface area contributed by atoms with E-state index < -0.39 is 23.0 Å². The van der Waals surface area contributed by atoms with E-state index in [-0.39, 0.29) is 0 Å². The van der Waals surface area contributed by atoms with Crippen LogP contribution in [0.1, 0.15) is 0 Å². The molecular weight excluding hydrogens is 163 g/mol. The molecule has 3 nitrogen and oxygen atoms in total. The molecule has 0 fully saturated rings. The third kappa shape index (κ3) is 1.24. The number of carbonyl (C=O) groups is 2. The molecule has 0 aromatic carbocycles. The molecule has 0 bridgehead atoms. The van der Waals surface area contributed by atoms with Crippen LogP contribution in [0.4, 0.5) is 13.2 Å². The number of hydrogen-bond acceptors (Lipinski definition) is 2. The highest BCUT2D eigenvalue weighted by Crippen LogP contribution is 2.24. The number of imide groups is 1. The van der Waals surface area contributed by atoms with E-state index in [9.17, 15) is 22.8 Å². The first-order valence-corrected chi connectivity index (χ1v) is 2.56. The summed E-state index contributed by atoms with van der Waals surface area (Å²) in [6.07, 6.45) is -3.75. The lowest BCUT2D eigenvalue weighted by Crippen LogP contribution is -2.42. The summed E-state index contributed by atoms with van der Waals surface area (Å²) in [5.74, 6) is -2.69. The van der Waals surface area contributed by atoms with Crippen molar-refractivity contribution in [3.8, 4) is 0 Å². The summed E-state index contributed by atoms with van der Waals surface area (Å²) in [5.41, 5.74) is 0. The SMILES string of the molecule is O=C1C=CC(=O)N1C(F)(F)F. The van der Waals surface area contributed by atoms with Crippen molar-refractivity contribution >= 4 is 11.8 Å². The van der Waals surface area contributed by atoms with Crippen molar-refractivity contribution in [3.05, 3.63) is 12.2 Å². The van der Waals surface area contributed by atoms with Crippen molar-refractivity contribution in [1.29, 1.82) is 0 Å². The van der Waals surface area contributed by atoms with Gasteiger partial charge in [0.2, 0.25) is 0 Å². The predicted molar refractivity (Wildman–Crippen MR) is 27.0 cm³/mol. The summed E-state index contributed by atoms with van der Waals surface area (Å²) in [5, 5.41) is 0. The summed E-state index contributed by atoms with van der Waals surface area (Å²) in [6, 6.07) is 0. The first-order valence-electron chi connectivity index (χ1n) is 2.56. The zero-order chi connectivity index (χ0) is 8.65. The Morgan fingerprint density at radius 3 is 1.64 bits per heavy atom. The maximum absolute atomic E-state index is 11.7. The highest BCUT2D eigenvalue weighted by molar-refractivity contribution is 6.13. The average Bonchev–Trinajstić information content (AvgIpc) is 2.08. The normalized spacial score (nSPS) is 18.3. The number of alkyl halides is 3. The minimum atomic E-state index is -4.91. The van der Waals surface area contributed by atoms with Crippen molar-refractivity contribution in [2.75, 3.05) is 0 Å². The summed E-state index contributed by atoms with van der Waals surface area (Å²) < 4.78 is 35.1.